The second-order valence-electron chi connectivity index (χ2n) is 5.91. The minimum atomic E-state index is -0.232. The summed E-state index contributed by atoms with van der Waals surface area (Å²) in [5.41, 5.74) is 1.79. The minimum absolute atomic E-state index is 0.0294. The van der Waals surface area contributed by atoms with Crippen molar-refractivity contribution < 1.29 is 23.5 Å². The number of hydrogen-bond acceptors (Lipinski definition) is 8. The van der Waals surface area contributed by atoms with Gasteiger partial charge in [0.15, 0.2) is 5.78 Å². The van der Waals surface area contributed by atoms with Crippen molar-refractivity contribution in [1.82, 2.24) is 10.2 Å². The Balaban J connectivity index is 1.62. The van der Waals surface area contributed by atoms with Crippen molar-refractivity contribution in [3.63, 3.8) is 0 Å². The van der Waals surface area contributed by atoms with Crippen LogP contribution in [0.3, 0.4) is 0 Å². The first-order chi connectivity index (χ1) is 14.0. The molecule has 0 atom stereocenters. The zero-order valence-electron chi connectivity index (χ0n) is 16.1. The zero-order chi connectivity index (χ0) is 20.8. The highest BCUT2D eigenvalue weighted by Crippen LogP contribution is 2.33. The van der Waals surface area contributed by atoms with E-state index in [2.05, 4.69) is 15.5 Å². The molecule has 0 aliphatic heterocycles. The van der Waals surface area contributed by atoms with Gasteiger partial charge in [-0.25, -0.2) is 0 Å². The summed E-state index contributed by atoms with van der Waals surface area (Å²) in [5.74, 6) is 1.29. The first-order valence-corrected chi connectivity index (χ1v) is 9.58. The predicted molar refractivity (Wildman–Crippen MR) is 109 cm³/mol. The Bertz CT molecular complexity index is 1020. The maximum atomic E-state index is 12.1. The monoisotopic (exact) mass is 413 g/mol. The van der Waals surface area contributed by atoms with E-state index in [0.29, 0.717) is 28.3 Å². The maximum Gasteiger partial charge on any atom is 0.277 e. The van der Waals surface area contributed by atoms with E-state index in [1.54, 1.807) is 56.7 Å². The Morgan fingerprint density at radius 2 is 1.83 bits per heavy atom. The first kappa shape index (κ1) is 20.4. The summed E-state index contributed by atoms with van der Waals surface area (Å²) in [6.07, 6.45) is 0. The van der Waals surface area contributed by atoms with Gasteiger partial charge in [-0.2, -0.15) is 0 Å². The number of hydrogen-bond donors (Lipinski definition) is 1. The lowest BCUT2D eigenvalue weighted by atomic mass is 10.1. The average molecular weight is 413 g/mol. The van der Waals surface area contributed by atoms with Gasteiger partial charge in [-0.3, -0.25) is 9.59 Å². The number of nitrogens with one attached hydrogen (secondary N) is 1. The number of amides is 1. The van der Waals surface area contributed by atoms with Crippen LogP contribution in [0.5, 0.6) is 11.5 Å². The Kier molecular flexibility index (Phi) is 6.50. The molecule has 0 fully saturated rings. The molecule has 3 rings (SSSR count). The molecule has 1 aromatic heterocycles. The van der Waals surface area contributed by atoms with E-state index in [1.807, 2.05) is 0 Å². The number of methoxy groups -OCH3 is 2. The van der Waals surface area contributed by atoms with Gasteiger partial charge in [0.25, 0.3) is 11.1 Å². The number of ether oxygens (including phenoxy) is 2. The Labute approximate surface area is 171 Å². The van der Waals surface area contributed by atoms with E-state index < -0.39 is 0 Å². The van der Waals surface area contributed by atoms with Crippen molar-refractivity contribution in [2.75, 3.05) is 25.3 Å². The third kappa shape index (κ3) is 5.14. The minimum Gasteiger partial charge on any atom is -0.497 e. The standard InChI is InChI=1S/C20H19N3O5S/c1-12(24)13-4-6-14(7-5-13)21-18(25)11-29-20-23-22-19(28-20)16-10-15(26-2)8-9-17(16)27-3/h4-10H,11H2,1-3H3,(H,21,25). The van der Waals surface area contributed by atoms with Crippen LogP contribution in [-0.2, 0) is 4.79 Å². The second kappa shape index (κ2) is 9.24. The quantitative estimate of drug-likeness (QED) is 0.440. The fourth-order valence-electron chi connectivity index (χ4n) is 2.47. The molecule has 150 valence electrons. The van der Waals surface area contributed by atoms with Crippen molar-refractivity contribution in [2.24, 2.45) is 0 Å². The lowest BCUT2D eigenvalue weighted by Crippen LogP contribution is -2.14. The number of nitrogens with zero attached hydrogens (tertiary/aromatic N) is 2. The van der Waals surface area contributed by atoms with E-state index in [1.165, 1.54) is 6.92 Å². The average Bonchev–Trinajstić information content (AvgIpc) is 3.21. The van der Waals surface area contributed by atoms with E-state index in [-0.39, 0.29) is 28.6 Å². The van der Waals surface area contributed by atoms with E-state index in [4.69, 9.17) is 13.9 Å². The number of Topliss-reactive ketones (excluding diaryl/α,β-unsaturated/α-hetero) is 1. The van der Waals surface area contributed by atoms with Crippen LogP contribution in [0.2, 0.25) is 0 Å². The predicted octanol–water partition coefficient (Wildman–Crippen LogP) is 3.69. The van der Waals surface area contributed by atoms with Crippen LogP contribution >= 0.6 is 11.8 Å². The molecule has 2 aromatic carbocycles. The van der Waals surface area contributed by atoms with Crippen molar-refractivity contribution in [3.8, 4) is 23.0 Å². The summed E-state index contributed by atoms with van der Waals surface area (Å²) < 4.78 is 16.2. The molecule has 1 amide bonds. The highest BCUT2D eigenvalue weighted by Gasteiger charge is 2.16. The van der Waals surface area contributed by atoms with Crippen molar-refractivity contribution in [3.05, 3.63) is 48.0 Å². The molecule has 3 aromatic rings. The smallest absolute Gasteiger partial charge is 0.277 e. The SMILES string of the molecule is COc1ccc(OC)c(-c2nnc(SCC(=O)Nc3ccc(C(C)=O)cc3)o2)c1. The van der Waals surface area contributed by atoms with E-state index in [0.717, 1.165) is 11.8 Å². The number of carbonyl (C=O) groups is 2. The highest BCUT2D eigenvalue weighted by molar-refractivity contribution is 7.99. The Morgan fingerprint density at radius 3 is 2.48 bits per heavy atom. The lowest BCUT2D eigenvalue weighted by molar-refractivity contribution is -0.113. The van der Waals surface area contributed by atoms with E-state index in [9.17, 15) is 9.59 Å². The van der Waals surface area contributed by atoms with Gasteiger partial charge in [-0.05, 0) is 49.4 Å². The van der Waals surface area contributed by atoms with Crippen molar-refractivity contribution >= 4 is 29.1 Å². The van der Waals surface area contributed by atoms with E-state index >= 15 is 0 Å². The molecular weight excluding hydrogens is 394 g/mol. The zero-order valence-corrected chi connectivity index (χ0v) is 16.9. The number of thioether (sulfide) groups is 1. The van der Waals surface area contributed by atoms with Gasteiger partial charge in [0.05, 0.1) is 25.5 Å². The van der Waals surface area contributed by atoms with Crippen LogP contribution < -0.4 is 14.8 Å². The second-order valence-corrected chi connectivity index (χ2v) is 6.84. The lowest BCUT2D eigenvalue weighted by Gasteiger charge is -2.07. The fraction of sp³-hybridized carbons (Fsp3) is 0.200. The van der Waals surface area contributed by atoms with Gasteiger partial charge >= 0.3 is 0 Å². The molecular formula is C20H19N3O5S. The molecule has 29 heavy (non-hydrogen) atoms. The van der Waals surface area contributed by atoms with Crippen LogP contribution in [-0.4, -0.2) is 41.9 Å². The third-order valence-electron chi connectivity index (χ3n) is 3.95. The van der Waals surface area contributed by atoms with Gasteiger partial charge in [0.2, 0.25) is 5.91 Å². The van der Waals surface area contributed by atoms with Crippen LogP contribution in [0.25, 0.3) is 11.5 Å². The highest BCUT2D eigenvalue weighted by atomic mass is 32.2. The van der Waals surface area contributed by atoms with Crippen LogP contribution in [0.1, 0.15) is 17.3 Å². The molecule has 0 spiro atoms. The summed E-state index contributed by atoms with van der Waals surface area (Å²) in [6.45, 7) is 1.49. The van der Waals surface area contributed by atoms with Crippen LogP contribution in [0, 0.1) is 0 Å². The maximum absolute atomic E-state index is 12.1. The molecule has 0 aliphatic rings. The molecule has 1 N–H and O–H groups in total. The number of aromatic nitrogens is 2. The van der Waals surface area contributed by atoms with Gasteiger partial charge in [-0.1, -0.05) is 11.8 Å². The third-order valence-corrected chi connectivity index (χ3v) is 4.76. The van der Waals surface area contributed by atoms with Crippen molar-refractivity contribution in [2.45, 2.75) is 12.1 Å². The number of benzene rings is 2. The number of anilines is 1. The summed E-state index contributed by atoms with van der Waals surface area (Å²) >= 11 is 1.12. The number of carbonyl (C=O) groups excluding carboxylic acids is 2. The Morgan fingerprint density at radius 1 is 1.07 bits per heavy atom. The van der Waals surface area contributed by atoms with Gasteiger partial charge < -0.3 is 19.2 Å². The summed E-state index contributed by atoms with van der Waals surface area (Å²) in [7, 11) is 3.11. The number of ketones is 1. The molecule has 9 heteroatoms. The molecule has 0 saturated carbocycles. The van der Waals surface area contributed by atoms with Crippen LogP contribution in [0.4, 0.5) is 5.69 Å². The normalized spacial score (nSPS) is 10.4. The largest absolute Gasteiger partial charge is 0.497 e. The molecule has 8 nitrogen and oxygen atoms in total. The van der Waals surface area contributed by atoms with Crippen molar-refractivity contribution in [1.29, 1.82) is 0 Å². The molecule has 0 aliphatic carbocycles. The Hall–Kier alpha value is -3.33. The van der Waals surface area contributed by atoms with Crippen LogP contribution in [0.15, 0.2) is 52.1 Å². The fourth-order valence-corrected chi connectivity index (χ4v) is 3.03. The molecule has 0 bridgehead atoms. The number of rotatable bonds is 8. The molecule has 0 radical (unpaired) electrons. The summed E-state index contributed by atoms with van der Waals surface area (Å²) in [5, 5.41) is 11.0. The van der Waals surface area contributed by atoms with Gasteiger partial charge in [0.1, 0.15) is 11.5 Å². The van der Waals surface area contributed by atoms with Gasteiger partial charge in [0, 0.05) is 11.3 Å². The molecule has 0 saturated heterocycles. The molecule has 1 heterocycles. The van der Waals surface area contributed by atoms with Gasteiger partial charge in [-0.15, -0.1) is 10.2 Å². The summed E-state index contributed by atoms with van der Waals surface area (Å²) in [6, 6.07) is 11.9. The topological polar surface area (TPSA) is 104 Å². The summed E-state index contributed by atoms with van der Waals surface area (Å²) in [4.78, 5) is 23.4. The molecule has 0 unspecified atom stereocenters. The first-order valence-electron chi connectivity index (χ1n) is 8.59.